The summed E-state index contributed by atoms with van der Waals surface area (Å²) in [5.74, 6) is 0.983. The monoisotopic (exact) mass is 257 g/mol. The Kier molecular flexibility index (Phi) is 3.36. The van der Waals surface area contributed by atoms with E-state index >= 15 is 0 Å². The third-order valence-corrected chi connectivity index (χ3v) is 3.79. The number of rotatable bonds is 3. The van der Waals surface area contributed by atoms with Crippen molar-refractivity contribution in [1.29, 1.82) is 0 Å². The average molecular weight is 257 g/mol. The minimum absolute atomic E-state index is 0.402. The van der Waals surface area contributed by atoms with Crippen LogP contribution in [0, 0.1) is 0 Å². The predicted octanol–water partition coefficient (Wildman–Crippen LogP) is 1.92. The van der Waals surface area contributed by atoms with E-state index in [1.54, 1.807) is 0 Å². The molecule has 2 heterocycles. The van der Waals surface area contributed by atoms with Gasteiger partial charge in [0.2, 0.25) is 0 Å². The number of para-hydroxylation sites is 1. The van der Waals surface area contributed by atoms with E-state index in [9.17, 15) is 0 Å². The highest BCUT2D eigenvalue weighted by Gasteiger charge is 2.23. The Balaban J connectivity index is 2.05. The smallest absolute Gasteiger partial charge is 0.133 e. The van der Waals surface area contributed by atoms with Gasteiger partial charge in [0.25, 0.3) is 0 Å². The molecule has 1 aliphatic heterocycles. The molecule has 1 unspecified atom stereocenters. The average Bonchev–Trinajstić information content (AvgIpc) is 2.99. The first-order chi connectivity index (χ1) is 9.29. The topological polar surface area (TPSA) is 51.4 Å². The fourth-order valence-corrected chi connectivity index (χ4v) is 2.61. The van der Waals surface area contributed by atoms with Crippen LogP contribution in [-0.2, 0) is 11.3 Å². The summed E-state index contributed by atoms with van der Waals surface area (Å²) in [6, 6.07) is 10.7. The molecule has 1 aromatic heterocycles. The second-order valence-electron chi connectivity index (χ2n) is 5.00. The Morgan fingerprint density at radius 2 is 2.26 bits per heavy atom. The molecule has 4 nitrogen and oxygen atoms in total. The number of nitrogens with zero attached hydrogens (tertiary/aromatic N) is 2. The third kappa shape index (κ3) is 2.29. The SMILES string of the molecule is CN(c1nc2ccccc2cc1CN)C1CCOC1. The van der Waals surface area contributed by atoms with Crippen molar-refractivity contribution in [2.24, 2.45) is 5.73 Å². The van der Waals surface area contributed by atoms with Crippen LogP contribution in [0.1, 0.15) is 12.0 Å². The summed E-state index contributed by atoms with van der Waals surface area (Å²) in [6.07, 6.45) is 1.05. The zero-order chi connectivity index (χ0) is 13.2. The molecule has 0 aliphatic carbocycles. The molecule has 0 radical (unpaired) electrons. The third-order valence-electron chi connectivity index (χ3n) is 3.79. The normalized spacial score (nSPS) is 18.9. The maximum absolute atomic E-state index is 5.88. The van der Waals surface area contributed by atoms with Gasteiger partial charge in [0, 0.05) is 31.1 Å². The molecule has 1 aromatic carbocycles. The van der Waals surface area contributed by atoms with E-state index in [1.165, 1.54) is 0 Å². The van der Waals surface area contributed by atoms with Gasteiger partial charge in [-0.3, -0.25) is 0 Å². The predicted molar refractivity (Wildman–Crippen MR) is 77.3 cm³/mol. The zero-order valence-corrected chi connectivity index (χ0v) is 11.2. The number of fused-ring (bicyclic) bond motifs is 1. The Morgan fingerprint density at radius 1 is 1.42 bits per heavy atom. The van der Waals surface area contributed by atoms with Gasteiger partial charge in [0.15, 0.2) is 0 Å². The first-order valence-corrected chi connectivity index (χ1v) is 6.69. The molecular formula is C15H19N3O. The standard InChI is InChI=1S/C15H19N3O/c1-18(13-6-7-19-10-13)15-12(9-16)8-11-4-2-3-5-14(11)17-15/h2-5,8,13H,6-7,9-10,16H2,1H3. The summed E-state index contributed by atoms with van der Waals surface area (Å²) in [5, 5.41) is 1.14. The van der Waals surface area contributed by atoms with Gasteiger partial charge in [-0.05, 0) is 18.6 Å². The first-order valence-electron chi connectivity index (χ1n) is 6.69. The summed E-state index contributed by atoms with van der Waals surface area (Å²) >= 11 is 0. The van der Waals surface area contributed by atoms with Crippen molar-refractivity contribution >= 4 is 16.7 Å². The molecule has 1 saturated heterocycles. The highest BCUT2D eigenvalue weighted by molar-refractivity contribution is 5.81. The molecule has 1 aliphatic rings. The molecule has 0 amide bonds. The molecule has 0 saturated carbocycles. The van der Waals surface area contributed by atoms with E-state index < -0.39 is 0 Å². The minimum atomic E-state index is 0.402. The number of pyridine rings is 1. The van der Waals surface area contributed by atoms with Crippen molar-refractivity contribution in [3.05, 3.63) is 35.9 Å². The van der Waals surface area contributed by atoms with E-state index in [2.05, 4.69) is 24.1 Å². The highest BCUT2D eigenvalue weighted by atomic mass is 16.5. The summed E-state index contributed by atoms with van der Waals surface area (Å²) in [7, 11) is 2.08. The second-order valence-corrected chi connectivity index (χ2v) is 5.00. The summed E-state index contributed by atoms with van der Waals surface area (Å²) < 4.78 is 5.46. The van der Waals surface area contributed by atoms with Crippen LogP contribution in [0.4, 0.5) is 5.82 Å². The van der Waals surface area contributed by atoms with E-state index in [0.717, 1.165) is 41.9 Å². The molecule has 0 bridgehead atoms. The number of aromatic nitrogens is 1. The Labute approximate surface area is 113 Å². The lowest BCUT2D eigenvalue weighted by Crippen LogP contribution is -2.33. The van der Waals surface area contributed by atoms with Crippen LogP contribution in [0.3, 0.4) is 0 Å². The Bertz CT molecular complexity index is 579. The molecule has 1 fully saturated rings. The molecule has 1 atom stereocenters. The van der Waals surface area contributed by atoms with Crippen molar-refractivity contribution in [3.63, 3.8) is 0 Å². The lowest BCUT2D eigenvalue weighted by atomic mass is 10.1. The molecule has 4 heteroatoms. The van der Waals surface area contributed by atoms with E-state index in [4.69, 9.17) is 15.5 Å². The number of likely N-dealkylation sites (N-methyl/N-ethyl adjacent to an activating group) is 1. The van der Waals surface area contributed by atoms with Crippen molar-refractivity contribution in [2.75, 3.05) is 25.2 Å². The fraction of sp³-hybridized carbons (Fsp3) is 0.400. The van der Waals surface area contributed by atoms with Crippen LogP contribution in [-0.4, -0.2) is 31.3 Å². The van der Waals surface area contributed by atoms with Crippen LogP contribution >= 0.6 is 0 Å². The van der Waals surface area contributed by atoms with Crippen LogP contribution in [0.2, 0.25) is 0 Å². The van der Waals surface area contributed by atoms with E-state index in [1.807, 2.05) is 18.2 Å². The minimum Gasteiger partial charge on any atom is -0.379 e. The van der Waals surface area contributed by atoms with E-state index in [-0.39, 0.29) is 0 Å². The number of hydrogen-bond donors (Lipinski definition) is 1. The number of ether oxygens (including phenoxy) is 1. The molecule has 3 rings (SSSR count). The molecular weight excluding hydrogens is 238 g/mol. The fourth-order valence-electron chi connectivity index (χ4n) is 2.61. The van der Waals surface area contributed by atoms with Gasteiger partial charge < -0.3 is 15.4 Å². The highest BCUT2D eigenvalue weighted by Crippen LogP contribution is 2.25. The molecule has 2 aromatic rings. The quantitative estimate of drug-likeness (QED) is 0.912. The zero-order valence-electron chi connectivity index (χ0n) is 11.2. The lowest BCUT2D eigenvalue weighted by Gasteiger charge is -2.26. The molecule has 100 valence electrons. The second kappa shape index (κ2) is 5.15. The van der Waals surface area contributed by atoms with Gasteiger partial charge in [-0.25, -0.2) is 4.98 Å². The summed E-state index contributed by atoms with van der Waals surface area (Å²) in [4.78, 5) is 6.99. The van der Waals surface area contributed by atoms with Crippen LogP contribution in [0.5, 0.6) is 0 Å². The van der Waals surface area contributed by atoms with Gasteiger partial charge in [0.1, 0.15) is 5.82 Å². The first kappa shape index (κ1) is 12.4. The van der Waals surface area contributed by atoms with Crippen molar-refractivity contribution in [3.8, 4) is 0 Å². The largest absolute Gasteiger partial charge is 0.379 e. The number of hydrogen-bond acceptors (Lipinski definition) is 4. The van der Waals surface area contributed by atoms with Crippen molar-refractivity contribution in [2.45, 2.75) is 19.0 Å². The Morgan fingerprint density at radius 3 is 3.00 bits per heavy atom. The number of anilines is 1. The van der Waals surface area contributed by atoms with Crippen LogP contribution in [0.25, 0.3) is 10.9 Å². The van der Waals surface area contributed by atoms with Gasteiger partial charge in [-0.15, -0.1) is 0 Å². The lowest BCUT2D eigenvalue weighted by molar-refractivity contribution is 0.193. The van der Waals surface area contributed by atoms with E-state index in [0.29, 0.717) is 12.6 Å². The summed E-state index contributed by atoms with van der Waals surface area (Å²) in [5.41, 5.74) is 7.99. The molecule has 19 heavy (non-hydrogen) atoms. The Hall–Kier alpha value is -1.65. The van der Waals surface area contributed by atoms with Crippen LogP contribution in [0.15, 0.2) is 30.3 Å². The van der Waals surface area contributed by atoms with Gasteiger partial charge in [-0.2, -0.15) is 0 Å². The number of benzene rings is 1. The number of nitrogens with two attached hydrogens (primary N) is 1. The van der Waals surface area contributed by atoms with Gasteiger partial charge in [-0.1, -0.05) is 18.2 Å². The van der Waals surface area contributed by atoms with Crippen LogP contribution < -0.4 is 10.6 Å². The molecule has 2 N–H and O–H groups in total. The van der Waals surface area contributed by atoms with Gasteiger partial charge in [0.05, 0.1) is 18.2 Å². The van der Waals surface area contributed by atoms with Gasteiger partial charge >= 0.3 is 0 Å². The van der Waals surface area contributed by atoms with Crippen molar-refractivity contribution in [1.82, 2.24) is 4.98 Å². The maximum Gasteiger partial charge on any atom is 0.133 e. The molecule has 0 spiro atoms. The maximum atomic E-state index is 5.88. The van der Waals surface area contributed by atoms with Crippen molar-refractivity contribution < 1.29 is 4.74 Å². The summed E-state index contributed by atoms with van der Waals surface area (Å²) in [6.45, 7) is 2.11.